The zero-order chi connectivity index (χ0) is 13.2. The average molecular weight is 251 g/mol. The molecule has 0 aliphatic carbocycles. The zero-order valence-corrected chi connectivity index (χ0v) is 10.6. The third-order valence-corrected chi connectivity index (χ3v) is 3.15. The number of aromatic nitrogens is 1. The van der Waals surface area contributed by atoms with Gasteiger partial charge in [0.2, 0.25) is 0 Å². The minimum Gasteiger partial charge on any atom is -0.453 e. The van der Waals surface area contributed by atoms with Crippen LogP contribution in [0.2, 0.25) is 0 Å². The number of hydrogen-bond donors (Lipinski definition) is 0. The lowest BCUT2D eigenvalue weighted by atomic mass is 10.1. The standard InChI is InChI=1S/C16H13NO2/c1-2-14(18)16-7-6-15(19-16)13-5-3-4-11-10-17-9-8-12(11)13/h3-10H,2H2,1H3. The monoisotopic (exact) mass is 251 g/mol. The Morgan fingerprint density at radius 2 is 2.11 bits per heavy atom. The van der Waals surface area contributed by atoms with Crippen molar-refractivity contribution in [3.05, 3.63) is 54.6 Å². The molecule has 0 aliphatic rings. The van der Waals surface area contributed by atoms with E-state index in [9.17, 15) is 4.79 Å². The van der Waals surface area contributed by atoms with E-state index in [2.05, 4.69) is 4.98 Å². The van der Waals surface area contributed by atoms with E-state index < -0.39 is 0 Å². The fourth-order valence-corrected chi connectivity index (χ4v) is 2.14. The van der Waals surface area contributed by atoms with Crippen molar-refractivity contribution in [2.45, 2.75) is 13.3 Å². The summed E-state index contributed by atoms with van der Waals surface area (Å²) in [7, 11) is 0. The van der Waals surface area contributed by atoms with E-state index in [4.69, 9.17) is 4.42 Å². The number of pyridine rings is 1. The van der Waals surface area contributed by atoms with Crippen molar-refractivity contribution >= 4 is 16.6 Å². The molecule has 0 saturated carbocycles. The number of nitrogens with zero attached hydrogens (tertiary/aromatic N) is 1. The maximum atomic E-state index is 11.6. The van der Waals surface area contributed by atoms with E-state index in [-0.39, 0.29) is 5.78 Å². The highest BCUT2D eigenvalue weighted by Crippen LogP contribution is 2.29. The average Bonchev–Trinajstić information content (AvgIpc) is 2.95. The topological polar surface area (TPSA) is 43.1 Å². The lowest BCUT2D eigenvalue weighted by Gasteiger charge is -2.03. The SMILES string of the molecule is CCC(=O)c1ccc(-c2cccc3cnccc23)o1. The summed E-state index contributed by atoms with van der Waals surface area (Å²) in [6.45, 7) is 1.83. The Kier molecular flexibility index (Phi) is 2.88. The van der Waals surface area contributed by atoms with Crippen LogP contribution in [0.5, 0.6) is 0 Å². The van der Waals surface area contributed by atoms with Crippen molar-refractivity contribution in [3.8, 4) is 11.3 Å². The summed E-state index contributed by atoms with van der Waals surface area (Å²) in [4.78, 5) is 15.7. The van der Waals surface area contributed by atoms with E-state index in [1.807, 2.05) is 43.5 Å². The first-order chi connectivity index (χ1) is 9.29. The normalized spacial score (nSPS) is 10.8. The Labute approximate surface area is 110 Å². The number of carbonyl (C=O) groups is 1. The van der Waals surface area contributed by atoms with Gasteiger partial charge in [-0.3, -0.25) is 9.78 Å². The van der Waals surface area contributed by atoms with Crippen LogP contribution >= 0.6 is 0 Å². The molecule has 19 heavy (non-hydrogen) atoms. The molecule has 0 saturated heterocycles. The highest BCUT2D eigenvalue weighted by atomic mass is 16.3. The minimum absolute atomic E-state index is 0.0214. The van der Waals surface area contributed by atoms with Crippen LogP contribution in [0.25, 0.3) is 22.1 Å². The third-order valence-electron chi connectivity index (χ3n) is 3.15. The van der Waals surface area contributed by atoms with Gasteiger partial charge in [0.1, 0.15) is 5.76 Å². The Hall–Kier alpha value is -2.42. The molecule has 2 heterocycles. The van der Waals surface area contributed by atoms with Gasteiger partial charge in [-0.1, -0.05) is 25.1 Å². The number of hydrogen-bond acceptors (Lipinski definition) is 3. The van der Waals surface area contributed by atoms with Crippen molar-refractivity contribution in [1.29, 1.82) is 0 Å². The number of fused-ring (bicyclic) bond motifs is 1. The molecule has 3 nitrogen and oxygen atoms in total. The molecule has 0 unspecified atom stereocenters. The van der Waals surface area contributed by atoms with Gasteiger partial charge in [-0.05, 0) is 23.6 Å². The molecule has 0 aliphatic heterocycles. The fraction of sp³-hybridized carbons (Fsp3) is 0.125. The zero-order valence-electron chi connectivity index (χ0n) is 10.6. The van der Waals surface area contributed by atoms with E-state index in [0.29, 0.717) is 17.9 Å². The van der Waals surface area contributed by atoms with Crippen LogP contribution in [-0.4, -0.2) is 10.8 Å². The lowest BCUT2D eigenvalue weighted by molar-refractivity contribution is 0.0962. The van der Waals surface area contributed by atoms with Crippen LogP contribution in [0, 0.1) is 0 Å². The second-order valence-electron chi connectivity index (χ2n) is 4.34. The number of benzene rings is 1. The van der Waals surface area contributed by atoms with Crippen molar-refractivity contribution in [1.82, 2.24) is 4.98 Å². The first-order valence-corrected chi connectivity index (χ1v) is 6.25. The van der Waals surface area contributed by atoms with Gasteiger partial charge in [0.25, 0.3) is 0 Å². The highest BCUT2D eigenvalue weighted by molar-refractivity contribution is 5.97. The molecule has 3 rings (SSSR count). The molecule has 1 aromatic carbocycles. The molecular weight excluding hydrogens is 238 g/mol. The first-order valence-electron chi connectivity index (χ1n) is 6.25. The molecule has 0 spiro atoms. The van der Waals surface area contributed by atoms with Crippen LogP contribution < -0.4 is 0 Å². The second kappa shape index (κ2) is 4.69. The summed E-state index contributed by atoms with van der Waals surface area (Å²) in [5, 5.41) is 2.13. The van der Waals surface area contributed by atoms with Gasteiger partial charge < -0.3 is 4.42 Å². The van der Waals surface area contributed by atoms with Gasteiger partial charge in [0.05, 0.1) is 0 Å². The maximum absolute atomic E-state index is 11.6. The van der Waals surface area contributed by atoms with Crippen LogP contribution in [-0.2, 0) is 0 Å². The molecule has 0 radical (unpaired) electrons. The largest absolute Gasteiger partial charge is 0.453 e. The van der Waals surface area contributed by atoms with E-state index in [1.54, 1.807) is 12.3 Å². The summed E-state index contributed by atoms with van der Waals surface area (Å²) >= 11 is 0. The van der Waals surface area contributed by atoms with Gasteiger partial charge in [0, 0.05) is 29.8 Å². The Balaban J connectivity index is 2.14. The van der Waals surface area contributed by atoms with Crippen molar-refractivity contribution in [2.75, 3.05) is 0 Å². The molecule has 0 atom stereocenters. The summed E-state index contributed by atoms with van der Waals surface area (Å²) in [6.07, 6.45) is 4.03. The van der Waals surface area contributed by atoms with Crippen LogP contribution in [0.3, 0.4) is 0 Å². The summed E-state index contributed by atoms with van der Waals surface area (Å²) in [6, 6.07) is 11.5. The summed E-state index contributed by atoms with van der Waals surface area (Å²) in [5.41, 5.74) is 0.982. The van der Waals surface area contributed by atoms with Crippen LogP contribution in [0.1, 0.15) is 23.9 Å². The molecule has 2 aromatic heterocycles. The number of ketones is 1. The molecule has 94 valence electrons. The van der Waals surface area contributed by atoms with Crippen molar-refractivity contribution < 1.29 is 9.21 Å². The molecule has 0 bridgehead atoms. The van der Waals surface area contributed by atoms with E-state index >= 15 is 0 Å². The minimum atomic E-state index is 0.0214. The second-order valence-corrected chi connectivity index (χ2v) is 4.34. The molecule has 0 N–H and O–H groups in total. The molecule has 3 heteroatoms. The van der Waals surface area contributed by atoms with E-state index in [0.717, 1.165) is 16.3 Å². The Morgan fingerprint density at radius 3 is 2.95 bits per heavy atom. The molecule has 3 aromatic rings. The van der Waals surface area contributed by atoms with Gasteiger partial charge in [-0.15, -0.1) is 0 Å². The van der Waals surface area contributed by atoms with Crippen LogP contribution in [0.4, 0.5) is 0 Å². The maximum Gasteiger partial charge on any atom is 0.197 e. The summed E-state index contributed by atoms with van der Waals surface area (Å²) < 4.78 is 5.66. The van der Waals surface area contributed by atoms with Gasteiger partial charge >= 0.3 is 0 Å². The smallest absolute Gasteiger partial charge is 0.197 e. The third kappa shape index (κ3) is 2.03. The van der Waals surface area contributed by atoms with Crippen molar-refractivity contribution in [2.24, 2.45) is 0 Å². The molecular formula is C16H13NO2. The van der Waals surface area contributed by atoms with Gasteiger partial charge in [-0.2, -0.15) is 0 Å². The number of Topliss-reactive ketones (excluding diaryl/α,β-unsaturated/α-hetero) is 1. The Bertz CT molecular complexity index is 738. The molecule has 0 amide bonds. The number of carbonyl (C=O) groups excluding carboxylic acids is 1. The summed E-state index contributed by atoms with van der Waals surface area (Å²) in [5.74, 6) is 1.16. The quantitative estimate of drug-likeness (QED) is 0.658. The number of rotatable bonds is 3. The van der Waals surface area contributed by atoms with Gasteiger partial charge in [-0.25, -0.2) is 0 Å². The highest BCUT2D eigenvalue weighted by Gasteiger charge is 2.12. The number of furan rings is 1. The van der Waals surface area contributed by atoms with Crippen LogP contribution in [0.15, 0.2) is 53.2 Å². The predicted octanol–water partition coefficient (Wildman–Crippen LogP) is 4.09. The first kappa shape index (κ1) is 11.7. The Morgan fingerprint density at radius 1 is 1.21 bits per heavy atom. The fourth-order valence-electron chi connectivity index (χ4n) is 2.14. The predicted molar refractivity (Wildman–Crippen MR) is 74.1 cm³/mol. The lowest BCUT2D eigenvalue weighted by Crippen LogP contribution is -1.92. The van der Waals surface area contributed by atoms with Crippen molar-refractivity contribution in [3.63, 3.8) is 0 Å². The molecule has 0 fully saturated rings. The van der Waals surface area contributed by atoms with Gasteiger partial charge in [0.15, 0.2) is 11.5 Å². The van der Waals surface area contributed by atoms with E-state index in [1.165, 1.54) is 0 Å².